The summed E-state index contributed by atoms with van der Waals surface area (Å²) in [5, 5.41) is 0. The summed E-state index contributed by atoms with van der Waals surface area (Å²) in [4.78, 5) is 28.0. The van der Waals surface area contributed by atoms with Gasteiger partial charge in [0, 0.05) is 68.5 Å². The Hall–Kier alpha value is -2.73. The minimum atomic E-state index is -0.162. The summed E-state index contributed by atoms with van der Waals surface area (Å²) in [5.74, 6) is 0.926. The van der Waals surface area contributed by atoms with Crippen molar-refractivity contribution in [3.63, 3.8) is 0 Å². The van der Waals surface area contributed by atoms with E-state index in [0.717, 1.165) is 37.8 Å². The van der Waals surface area contributed by atoms with Gasteiger partial charge in [-0.1, -0.05) is 32.0 Å². The lowest BCUT2D eigenvalue weighted by atomic mass is 9.83. The lowest BCUT2D eigenvalue weighted by Gasteiger charge is -2.34. The molecule has 2 aromatic rings. The topological polar surface area (TPSA) is 52.6 Å². The molecule has 6 heteroatoms. The van der Waals surface area contributed by atoms with Crippen LogP contribution < -0.4 is 9.80 Å². The number of aromatic nitrogens is 2. The maximum absolute atomic E-state index is 12.8. The molecule has 0 radical (unpaired) electrons. The molecule has 0 amide bonds. The summed E-state index contributed by atoms with van der Waals surface area (Å²) < 4.78 is 0. The Morgan fingerprint density at radius 3 is 2.43 bits per heavy atom. The highest BCUT2D eigenvalue weighted by molar-refractivity contribution is 5.94. The van der Waals surface area contributed by atoms with E-state index in [0.29, 0.717) is 6.54 Å². The van der Waals surface area contributed by atoms with Crippen molar-refractivity contribution >= 4 is 17.4 Å². The van der Waals surface area contributed by atoms with Crippen LogP contribution in [0.1, 0.15) is 19.4 Å². The number of anilines is 2. The van der Waals surface area contributed by atoms with Crippen LogP contribution in [-0.2, 0) is 10.2 Å². The number of hydrogen-bond acceptors (Lipinski definition) is 6. The van der Waals surface area contributed by atoms with Gasteiger partial charge in [-0.3, -0.25) is 9.69 Å². The van der Waals surface area contributed by atoms with E-state index in [-0.39, 0.29) is 11.2 Å². The van der Waals surface area contributed by atoms with Crippen molar-refractivity contribution in [1.29, 1.82) is 0 Å². The summed E-state index contributed by atoms with van der Waals surface area (Å²) in [7, 11) is 2.05. The molecule has 3 heterocycles. The molecule has 0 aliphatic carbocycles. The number of likely N-dealkylation sites (N-methyl/N-ethyl adjacent to an activating group) is 1. The van der Waals surface area contributed by atoms with E-state index in [1.165, 1.54) is 11.3 Å². The molecule has 1 fully saturated rings. The molecule has 0 atom stereocenters. The molecule has 146 valence electrons. The molecule has 0 spiro atoms. The van der Waals surface area contributed by atoms with Gasteiger partial charge >= 0.3 is 0 Å². The largest absolute Gasteiger partial charge is 0.347 e. The second-order valence-corrected chi connectivity index (χ2v) is 8.01. The molecular formula is C22H27N5O. The number of carbonyl (C=O) groups is 1. The van der Waals surface area contributed by atoms with Gasteiger partial charge in [0.15, 0.2) is 5.78 Å². The number of carbonyl (C=O) groups excluding carboxylic acids is 1. The van der Waals surface area contributed by atoms with Crippen LogP contribution in [0.15, 0.2) is 54.5 Å². The molecule has 1 aromatic carbocycles. The summed E-state index contributed by atoms with van der Waals surface area (Å²) in [5.41, 5.74) is 3.36. The number of hydrogen-bond donors (Lipinski definition) is 0. The van der Waals surface area contributed by atoms with Gasteiger partial charge in [0.05, 0.1) is 6.54 Å². The molecule has 2 aliphatic heterocycles. The van der Waals surface area contributed by atoms with Crippen molar-refractivity contribution in [3.8, 4) is 0 Å². The first-order valence-corrected chi connectivity index (χ1v) is 9.79. The Bertz CT molecular complexity index is 885. The minimum absolute atomic E-state index is 0.159. The number of para-hydroxylation sites is 1. The monoisotopic (exact) mass is 377 g/mol. The smallest absolute Gasteiger partial charge is 0.225 e. The fraction of sp³-hybridized carbons (Fsp3) is 0.409. The van der Waals surface area contributed by atoms with Crippen molar-refractivity contribution in [1.82, 2.24) is 14.9 Å². The Kier molecular flexibility index (Phi) is 4.89. The first kappa shape index (κ1) is 18.6. The molecule has 4 rings (SSSR count). The Morgan fingerprint density at radius 1 is 1.07 bits per heavy atom. The average molecular weight is 377 g/mol. The molecule has 0 bridgehead atoms. The van der Waals surface area contributed by atoms with Crippen molar-refractivity contribution in [3.05, 3.63) is 60.1 Å². The van der Waals surface area contributed by atoms with Gasteiger partial charge in [-0.05, 0) is 17.7 Å². The van der Waals surface area contributed by atoms with Gasteiger partial charge < -0.3 is 9.80 Å². The second kappa shape index (κ2) is 7.36. The zero-order valence-corrected chi connectivity index (χ0v) is 16.8. The van der Waals surface area contributed by atoms with Crippen molar-refractivity contribution in [2.75, 3.05) is 49.6 Å². The first-order chi connectivity index (χ1) is 13.5. The average Bonchev–Trinajstić information content (AvgIpc) is 2.90. The third-order valence-corrected chi connectivity index (χ3v) is 5.82. The van der Waals surface area contributed by atoms with E-state index in [1.807, 2.05) is 25.3 Å². The third-order valence-electron chi connectivity index (χ3n) is 5.82. The number of ketones is 1. The van der Waals surface area contributed by atoms with Gasteiger partial charge in [0.2, 0.25) is 5.95 Å². The minimum Gasteiger partial charge on any atom is -0.347 e. The molecule has 0 N–H and O–H groups in total. The van der Waals surface area contributed by atoms with E-state index >= 15 is 0 Å². The quantitative estimate of drug-likeness (QED) is 0.763. The zero-order valence-electron chi connectivity index (χ0n) is 16.8. The highest BCUT2D eigenvalue weighted by Gasteiger charge is 2.38. The Balaban J connectivity index is 1.40. The molecule has 0 saturated carbocycles. The predicted octanol–water partition coefficient (Wildman–Crippen LogP) is 2.48. The van der Waals surface area contributed by atoms with E-state index < -0.39 is 0 Å². The second-order valence-electron chi connectivity index (χ2n) is 8.01. The number of piperazine rings is 1. The Morgan fingerprint density at radius 2 is 1.75 bits per heavy atom. The van der Waals surface area contributed by atoms with Crippen LogP contribution in [0.3, 0.4) is 0 Å². The number of fused-ring (bicyclic) bond motifs is 1. The maximum Gasteiger partial charge on any atom is 0.225 e. The molecule has 6 nitrogen and oxygen atoms in total. The van der Waals surface area contributed by atoms with E-state index in [1.54, 1.807) is 12.4 Å². The van der Waals surface area contributed by atoms with Crippen LogP contribution >= 0.6 is 0 Å². The highest BCUT2D eigenvalue weighted by atomic mass is 16.1. The van der Waals surface area contributed by atoms with Crippen LogP contribution in [0, 0.1) is 0 Å². The van der Waals surface area contributed by atoms with Crippen LogP contribution in [0.25, 0.3) is 0 Å². The maximum atomic E-state index is 12.8. The number of benzene rings is 1. The summed E-state index contributed by atoms with van der Waals surface area (Å²) in [6.45, 7) is 8.18. The lowest BCUT2D eigenvalue weighted by molar-refractivity contribution is -0.115. The predicted molar refractivity (Wildman–Crippen MR) is 112 cm³/mol. The van der Waals surface area contributed by atoms with Gasteiger partial charge in [-0.25, -0.2) is 9.97 Å². The number of nitrogens with zero attached hydrogens (tertiary/aromatic N) is 5. The molecule has 2 aliphatic rings. The fourth-order valence-corrected chi connectivity index (χ4v) is 4.24. The molecule has 0 unspecified atom stereocenters. The standard InChI is InChI=1S/C22H27N5O/c1-22(2)18-7-4-5-8-19(18)25(3)20(22)15-17(28)16-26-11-13-27(14-12-26)21-23-9-6-10-24-21/h4-10,15H,11-14,16H2,1-3H3/b20-15-. The lowest BCUT2D eigenvalue weighted by Crippen LogP contribution is -2.48. The van der Waals surface area contributed by atoms with Gasteiger partial charge in [-0.15, -0.1) is 0 Å². The summed E-state index contributed by atoms with van der Waals surface area (Å²) in [6, 6.07) is 10.2. The summed E-state index contributed by atoms with van der Waals surface area (Å²) >= 11 is 0. The summed E-state index contributed by atoms with van der Waals surface area (Å²) in [6.07, 6.45) is 5.37. The number of allylic oxidation sites excluding steroid dienone is 1. The van der Waals surface area contributed by atoms with Gasteiger partial charge in [0.1, 0.15) is 0 Å². The highest BCUT2D eigenvalue weighted by Crippen LogP contribution is 2.46. The van der Waals surface area contributed by atoms with Crippen LogP contribution in [0.4, 0.5) is 11.6 Å². The van der Waals surface area contributed by atoms with Crippen LogP contribution in [-0.4, -0.2) is 60.4 Å². The van der Waals surface area contributed by atoms with Crippen molar-refractivity contribution < 1.29 is 4.79 Å². The van der Waals surface area contributed by atoms with Crippen molar-refractivity contribution in [2.24, 2.45) is 0 Å². The third kappa shape index (κ3) is 3.40. The number of rotatable bonds is 4. The van der Waals surface area contributed by atoms with Crippen molar-refractivity contribution in [2.45, 2.75) is 19.3 Å². The first-order valence-electron chi connectivity index (χ1n) is 9.79. The molecular weight excluding hydrogens is 350 g/mol. The molecule has 28 heavy (non-hydrogen) atoms. The van der Waals surface area contributed by atoms with Crippen LogP contribution in [0.2, 0.25) is 0 Å². The van der Waals surface area contributed by atoms with E-state index in [9.17, 15) is 4.79 Å². The molecule has 1 saturated heterocycles. The van der Waals surface area contributed by atoms with E-state index in [2.05, 4.69) is 56.7 Å². The normalized spacial score (nSPS) is 20.5. The SMILES string of the molecule is CN1/C(=C\C(=O)CN2CCN(c3ncccn3)CC2)C(C)(C)c2ccccc21. The zero-order chi connectivity index (χ0) is 19.7. The van der Waals surface area contributed by atoms with Gasteiger partial charge in [-0.2, -0.15) is 0 Å². The van der Waals surface area contributed by atoms with Gasteiger partial charge in [0.25, 0.3) is 0 Å². The Labute approximate surface area is 166 Å². The fourth-order valence-electron chi connectivity index (χ4n) is 4.24. The molecule has 1 aromatic heterocycles. The van der Waals surface area contributed by atoms with Crippen LogP contribution in [0.5, 0.6) is 0 Å². The van der Waals surface area contributed by atoms with E-state index in [4.69, 9.17) is 0 Å².